The van der Waals surface area contributed by atoms with Crippen LogP contribution < -0.4 is 9.64 Å². The minimum atomic E-state index is -0.190. The predicted molar refractivity (Wildman–Crippen MR) is 126 cm³/mol. The lowest BCUT2D eigenvalue weighted by Crippen LogP contribution is -2.24. The number of pyridine rings is 2. The van der Waals surface area contributed by atoms with E-state index in [1.807, 2.05) is 48.9 Å². The van der Waals surface area contributed by atoms with E-state index in [-0.39, 0.29) is 17.5 Å². The van der Waals surface area contributed by atoms with Crippen LogP contribution in [-0.4, -0.2) is 32.5 Å². The van der Waals surface area contributed by atoms with Crippen LogP contribution in [0.4, 0.5) is 5.82 Å². The normalized spacial score (nSPS) is 11.1. The molecule has 32 heavy (non-hydrogen) atoms. The molecule has 3 aromatic heterocycles. The zero-order chi connectivity index (χ0) is 23.0. The van der Waals surface area contributed by atoms with Crippen molar-refractivity contribution in [1.29, 1.82) is 0 Å². The molecule has 7 nitrogen and oxygen atoms in total. The van der Waals surface area contributed by atoms with E-state index >= 15 is 0 Å². The number of nitrogens with zero attached hydrogens (tertiary/aromatic N) is 5. The molecule has 164 valence electrons. The number of hydrogen-bond donors (Lipinski definition) is 0. The van der Waals surface area contributed by atoms with Crippen LogP contribution in [0.25, 0.3) is 16.6 Å². The SMILES string of the molecule is CC(=O)N(C)c1ncc(Cl)c(COc2cccc3c(-n4ccnc4C)cc(C)nc23)c1Cl. The van der Waals surface area contributed by atoms with Crippen molar-refractivity contribution in [2.24, 2.45) is 0 Å². The van der Waals surface area contributed by atoms with Crippen molar-refractivity contribution < 1.29 is 9.53 Å². The molecule has 4 aromatic rings. The zero-order valence-electron chi connectivity index (χ0n) is 18.1. The summed E-state index contributed by atoms with van der Waals surface area (Å²) in [5, 5.41) is 1.56. The van der Waals surface area contributed by atoms with Gasteiger partial charge in [-0.1, -0.05) is 35.3 Å². The fraction of sp³-hybridized carbons (Fsp3) is 0.217. The van der Waals surface area contributed by atoms with E-state index in [0.717, 1.165) is 28.1 Å². The Morgan fingerprint density at radius 1 is 1.22 bits per heavy atom. The number of carbonyl (C=O) groups is 1. The lowest BCUT2D eigenvalue weighted by Gasteiger charge is -2.18. The number of rotatable bonds is 5. The van der Waals surface area contributed by atoms with E-state index in [1.54, 1.807) is 13.2 Å². The van der Waals surface area contributed by atoms with Gasteiger partial charge in [-0.3, -0.25) is 9.69 Å². The molecule has 0 atom stereocenters. The zero-order valence-corrected chi connectivity index (χ0v) is 19.6. The van der Waals surface area contributed by atoms with Crippen molar-refractivity contribution >= 4 is 45.8 Å². The molecule has 0 spiro atoms. The third-order valence-electron chi connectivity index (χ3n) is 5.21. The van der Waals surface area contributed by atoms with Crippen LogP contribution in [0.3, 0.4) is 0 Å². The van der Waals surface area contributed by atoms with Crippen LogP contribution in [0.5, 0.6) is 5.75 Å². The topological polar surface area (TPSA) is 73.1 Å². The fourth-order valence-corrected chi connectivity index (χ4v) is 4.01. The first-order valence-corrected chi connectivity index (χ1v) is 10.6. The summed E-state index contributed by atoms with van der Waals surface area (Å²) in [5.74, 6) is 1.60. The average Bonchev–Trinajstić information content (AvgIpc) is 3.18. The molecule has 0 bridgehead atoms. The number of amides is 1. The first-order valence-electron chi connectivity index (χ1n) is 9.88. The van der Waals surface area contributed by atoms with E-state index < -0.39 is 0 Å². The number of para-hydroxylation sites is 1. The Morgan fingerprint density at radius 2 is 2.00 bits per heavy atom. The molecular weight excluding hydrogens is 449 g/mol. The fourth-order valence-electron chi connectivity index (χ4n) is 3.43. The summed E-state index contributed by atoms with van der Waals surface area (Å²) in [6.07, 6.45) is 5.15. The summed E-state index contributed by atoms with van der Waals surface area (Å²) in [6, 6.07) is 7.77. The van der Waals surface area contributed by atoms with Crippen LogP contribution in [-0.2, 0) is 11.4 Å². The molecule has 0 saturated heterocycles. The van der Waals surface area contributed by atoms with Gasteiger partial charge in [0.05, 0.1) is 15.7 Å². The summed E-state index contributed by atoms with van der Waals surface area (Å²) in [4.78, 5) is 26.3. The second kappa shape index (κ2) is 8.76. The third-order valence-corrected chi connectivity index (χ3v) is 5.93. The van der Waals surface area contributed by atoms with Gasteiger partial charge in [0.2, 0.25) is 5.91 Å². The van der Waals surface area contributed by atoms with E-state index in [0.29, 0.717) is 22.2 Å². The van der Waals surface area contributed by atoms with E-state index in [1.165, 1.54) is 18.0 Å². The number of hydrogen-bond acceptors (Lipinski definition) is 5. The first-order chi connectivity index (χ1) is 15.3. The standard InChI is InChI=1S/C23H21Cl2N5O2/c1-13-10-19(30-9-8-26-14(30)2)16-6-5-7-20(22(16)28-13)32-12-17-18(24)11-27-23(21(17)25)29(4)15(3)31/h5-11H,12H2,1-4H3. The molecule has 0 N–H and O–H groups in total. The van der Waals surface area contributed by atoms with Gasteiger partial charge in [0.15, 0.2) is 5.82 Å². The van der Waals surface area contributed by atoms with Crippen molar-refractivity contribution in [3.8, 4) is 11.4 Å². The number of anilines is 1. The first kappa shape index (κ1) is 22.0. The molecule has 0 saturated carbocycles. The van der Waals surface area contributed by atoms with Gasteiger partial charge in [0.25, 0.3) is 0 Å². The Labute approximate surface area is 195 Å². The van der Waals surface area contributed by atoms with Crippen molar-refractivity contribution in [3.05, 3.63) is 70.0 Å². The molecule has 0 fully saturated rings. The van der Waals surface area contributed by atoms with Gasteiger partial charge >= 0.3 is 0 Å². The van der Waals surface area contributed by atoms with Crippen molar-refractivity contribution in [1.82, 2.24) is 19.5 Å². The van der Waals surface area contributed by atoms with Crippen molar-refractivity contribution in [3.63, 3.8) is 0 Å². The molecule has 1 amide bonds. The predicted octanol–water partition coefficient (Wildman–Crippen LogP) is 5.30. The minimum Gasteiger partial charge on any atom is -0.487 e. The van der Waals surface area contributed by atoms with Gasteiger partial charge in [0.1, 0.15) is 23.7 Å². The Kier molecular flexibility index (Phi) is 6.04. The number of halogens is 2. The van der Waals surface area contributed by atoms with E-state index in [2.05, 4.69) is 9.97 Å². The molecule has 9 heteroatoms. The highest BCUT2D eigenvalue weighted by atomic mass is 35.5. The highest BCUT2D eigenvalue weighted by molar-refractivity contribution is 6.37. The summed E-state index contributed by atoms with van der Waals surface area (Å²) in [7, 11) is 1.60. The quantitative estimate of drug-likeness (QED) is 0.396. The molecule has 1 aromatic carbocycles. The number of aryl methyl sites for hydroxylation is 2. The van der Waals surface area contributed by atoms with E-state index in [9.17, 15) is 4.79 Å². The van der Waals surface area contributed by atoms with Gasteiger partial charge in [-0.25, -0.2) is 15.0 Å². The van der Waals surface area contributed by atoms with Gasteiger partial charge < -0.3 is 9.30 Å². The van der Waals surface area contributed by atoms with Crippen LogP contribution in [0, 0.1) is 13.8 Å². The Bertz CT molecular complexity index is 1340. The molecule has 0 aliphatic heterocycles. The molecule has 0 radical (unpaired) electrons. The molecule has 0 unspecified atom stereocenters. The Hall–Kier alpha value is -3.16. The summed E-state index contributed by atoms with van der Waals surface area (Å²) in [6.45, 7) is 5.41. The second-order valence-corrected chi connectivity index (χ2v) is 8.15. The number of carbonyl (C=O) groups excluding carboxylic acids is 1. The lowest BCUT2D eigenvalue weighted by molar-refractivity contribution is -0.116. The number of fused-ring (bicyclic) bond motifs is 1. The van der Waals surface area contributed by atoms with Gasteiger partial charge in [0, 0.05) is 49.2 Å². The molecule has 0 aliphatic carbocycles. The van der Waals surface area contributed by atoms with Crippen molar-refractivity contribution in [2.45, 2.75) is 27.4 Å². The number of aromatic nitrogens is 4. The molecule has 4 rings (SSSR count). The Balaban J connectivity index is 1.74. The number of ether oxygens (including phenoxy) is 1. The van der Waals surface area contributed by atoms with Crippen molar-refractivity contribution in [2.75, 3.05) is 11.9 Å². The third kappa shape index (κ3) is 4.01. The largest absolute Gasteiger partial charge is 0.487 e. The highest BCUT2D eigenvalue weighted by Crippen LogP contribution is 2.34. The van der Waals surface area contributed by atoms with Gasteiger partial charge in [-0.15, -0.1) is 0 Å². The minimum absolute atomic E-state index is 0.0904. The second-order valence-electron chi connectivity index (χ2n) is 7.37. The molecular formula is C23H21Cl2N5O2. The Morgan fingerprint density at radius 3 is 2.69 bits per heavy atom. The monoisotopic (exact) mass is 469 g/mol. The van der Waals surface area contributed by atoms with E-state index in [4.69, 9.17) is 32.9 Å². The summed E-state index contributed by atoms with van der Waals surface area (Å²) < 4.78 is 8.15. The maximum atomic E-state index is 11.8. The van der Waals surface area contributed by atoms with Gasteiger partial charge in [-0.2, -0.15) is 0 Å². The average molecular weight is 470 g/mol. The summed E-state index contributed by atoms with van der Waals surface area (Å²) >= 11 is 12.9. The molecule has 0 aliphatic rings. The highest BCUT2D eigenvalue weighted by Gasteiger charge is 2.19. The lowest BCUT2D eigenvalue weighted by atomic mass is 10.1. The summed E-state index contributed by atoms with van der Waals surface area (Å²) in [5.41, 5.74) is 3.08. The maximum absolute atomic E-state index is 11.8. The smallest absolute Gasteiger partial charge is 0.224 e. The molecule has 3 heterocycles. The van der Waals surface area contributed by atoms with Crippen LogP contribution >= 0.6 is 23.2 Å². The van der Waals surface area contributed by atoms with Crippen LogP contribution in [0.1, 0.15) is 24.0 Å². The van der Waals surface area contributed by atoms with Crippen LogP contribution in [0.2, 0.25) is 10.0 Å². The number of imidazole rings is 1. The van der Waals surface area contributed by atoms with Gasteiger partial charge in [-0.05, 0) is 26.0 Å². The maximum Gasteiger partial charge on any atom is 0.224 e. The number of benzene rings is 1. The van der Waals surface area contributed by atoms with Crippen LogP contribution in [0.15, 0.2) is 42.9 Å².